The number of hydrazine groups is 1. The lowest BCUT2D eigenvalue weighted by atomic mass is 9.80. The summed E-state index contributed by atoms with van der Waals surface area (Å²) in [6, 6.07) is 0.313. The molecule has 1 aliphatic carbocycles. The zero-order chi connectivity index (χ0) is 9.97. The van der Waals surface area contributed by atoms with Gasteiger partial charge in [0.1, 0.15) is 0 Å². The predicted molar refractivity (Wildman–Crippen MR) is 58.9 cm³/mol. The number of nitrogens with two attached hydrogens (primary N) is 1. The number of nitrogens with zero attached hydrogens (tertiary/aromatic N) is 1. The summed E-state index contributed by atoms with van der Waals surface area (Å²) in [6.07, 6.45) is 5.30. The van der Waals surface area contributed by atoms with E-state index in [4.69, 9.17) is 5.84 Å². The van der Waals surface area contributed by atoms with Crippen LogP contribution in [0.3, 0.4) is 0 Å². The largest absolute Gasteiger partial charge is 0.271 e. The Hall–Kier alpha value is -0.450. The molecule has 1 heterocycles. The van der Waals surface area contributed by atoms with Crippen molar-refractivity contribution < 1.29 is 0 Å². The van der Waals surface area contributed by atoms with Crippen molar-refractivity contribution in [3.05, 3.63) is 16.1 Å². The summed E-state index contributed by atoms with van der Waals surface area (Å²) >= 11 is 1.71. The van der Waals surface area contributed by atoms with Crippen LogP contribution in [0.15, 0.2) is 5.51 Å². The quantitative estimate of drug-likeness (QED) is 0.592. The van der Waals surface area contributed by atoms with Crippen molar-refractivity contribution in [1.29, 1.82) is 0 Å². The molecule has 14 heavy (non-hydrogen) atoms. The van der Waals surface area contributed by atoms with Gasteiger partial charge in [-0.2, -0.15) is 0 Å². The highest BCUT2D eigenvalue weighted by molar-refractivity contribution is 7.09. The lowest BCUT2D eigenvalue weighted by molar-refractivity contribution is 0.263. The molecule has 78 valence electrons. The number of aryl methyl sites for hydroxylation is 1. The van der Waals surface area contributed by atoms with Gasteiger partial charge in [0.2, 0.25) is 0 Å². The van der Waals surface area contributed by atoms with Crippen LogP contribution in [0.2, 0.25) is 0 Å². The molecule has 1 aromatic heterocycles. The Labute approximate surface area is 88.7 Å². The fourth-order valence-corrected chi connectivity index (χ4v) is 2.83. The molecule has 1 aromatic rings. The van der Waals surface area contributed by atoms with Crippen LogP contribution in [0.25, 0.3) is 0 Å². The van der Waals surface area contributed by atoms with Crippen molar-refractivity contribution >= 4 is 11.3 Å². The van der Waals surface area contributed by atoms with Crippen LogP contribution in [0.1, 0.15) is 42.3 Å². The first-order valence-electron chi connectivity index (χ1n) is 5.17. The molecule has 0 aliphatic heterocycles. The molecule has 1 atom stereocenters. The Balaban J connectivity index is 2.01. The molecule has 0 aromatic carbocycles. The summed E-state index contributed by atoms with van der Waals surface area (Å²) in [5.41, 5.74) is 5.94. The van der Waals surface area contributed by atoms with E-state index in [-0.39, 0.29) is 0 Å². The van der Waals surface area contributed by atoms with Crippen molar-refractivity contribution in [1.82, 2.24) is 10.4 Å². The average Bonchev–Trinajstić information content (AvgIpc) is 2.51. The zero-order valence-electron chi connectivity index (χ0n) is 8.49. The molecule has 0 bridgehead atoms. The second kappa shape index (κ2) is 4.38. The van der Waals surface area contributed by atoms with E-state index in [0.717, 1.165) is 11.6 Å². The maximum atomic E-state index is 5.59. The van der Waals surface area contributed by atoms with E-state index >= 15 is 0 Å². The van der Waals surface area contributed by atoms with Crippen molar-refractivity contribution in [2.45, 2.75) is 38.6 Å². The van der Waals surface area contributed by atoms with E-state index in [1.807, 2.05) is 5.51 Å². The molecular formula is C10H17N3S. The first kappa shape index (κ1) is 10.1. The van der Waals surface area contributed by atoms with Gasteiger partial charge in [-0.25, -0.2) is 4.98 Å². The summed E-state index contributed by atoms with van der Waals surface area (Å²) in [5, 5.41) is 0. The third-order valence-electron chi connectivity index (χ3n) is 3.09. The summed E-state index contributed by atoms with van der Waals surface area (Å²) < 4.78 is 0. The first-order valence-corrected chi connectivity index (χ1v) is 6.05. The molecule has 1 fully saturated rings. The summed E-state index contributed by atoms with van der Waals surface area (Å²) in [6.45, 7) is 2.05. The molecule has 0 spiro atoms. The van der Waals surface area contributed by atoms with E-state index in [1.165, 1.54) is 30.6 Å². The minimum absolute atomic E-state index is 0.313. The molecule has 0 radical (unpaired) electrons. The topological polar surface area (TPSA) is 50.9 Å². The molecule has 0 saturated heterocycles. The van der Waals surface area contributed by atoms with E-state index in [1.54, 1.807) is 11.3 Å². The van der Waals surface area contributed by atoms with Gasteiger partial charge >= 0.3 is 0 Å². The van der Waals surface area contributed by atoms with Gasteiger partial charge < -0.3 is 0 Å². The molecule has 1 aliphatic rings. The Morgan fingerprint density at radius 1 is 1.71 bits per heavy atom. The Kier molecular flexibility index (Phi) is 3.15. The number of hydrogen-bond acceptors (Lipinski definition) is 4. The van der Waals surface area contributed by atoms with Crippen LogP contribution in [0, 0.1) is 12.8 Å². The minimum atomic E-state index is 0.313. The predicted octanol–water partition coefficient (Wildman–Crippen LogP) is 2.15. The van der Waals surface area contributed by atoms with Gasteiger partial charge in [-0.3, -0.25) is 11.3 Å². The average molecular weight is 211 g/mol. The molecule has 2 rings (SSSR count). The summed E-state index contributed by atoms with van der Waals surface area (Å²) in [7, 11) is 0. The van der Waals surface area contributed by atoms with Crippen LogP contribution in [-0.4, -0.2) is 4.98 Å². The molecule has 4 heteroatoms. The number of nitrogens with one attached hydrogen (secondary N) is 1. The van der Waals surface area contributed by atoms with Gasteiger partial charge in [0.25, 0.3) is 0 Å². The number of hydrogen-bond donors (Lipinski definition) is 2. The molecule has 0 amide bonds. The third-order valence-corrected chi connectivity index (χ3v) is 4.14. The monoisotopic (exact) mass is 211 g/mol. The maximum absolute atomic E-state index is 5.59. The fourth-order valence-electron chi connectivity index (χ4n) is 1.96. The van der Waals surface area contributed by atoms with E-state index in [9.17, 15) is 0 Å². The molecule has 3 N–H and O–H groups in total. The first-order chi connectivity index (χ1) is 6.81. The zero-order valence-corrected chi connectivity index (χ0v) is 9.31. The highest BCUT2D eigenvalue weighted by Crippen LogP contribution is 2.36. The number of rotatable bonds is 4. The molecular weight excluding hydrogens is 194 g/mol. The van der Waals surface area contributed by atoms with Gasteiger partial charge in [-0.05, 0) is 19.3 Å². The van der Waals surface area contributed by atoms with E-state index in [2.05, 4.69) is 17.3 Å². The standard InChI is InChI=1S/C10H17N3S/c1-7-10(14-6-12-7)9(13-11)5-8-3-2-4-8/h6,8-9,13H,2-5,11H2,1H3. The second-order valence-electron chi connectivity index (χ2n) is 4.05. The van der Waals surface area contributed by atoms with Gasteiger partial charge in [-0.15, -0.1) is 11.3 Å². The van der Waals surface area contributed by atoms with Crippen molar-refractivity contribution in [3.63, 3.8) is 0 Å². The van der Waals surface area contributed by atoms with Crippen LogP contribution >= 0.6 is 11.3 Å². The molecule has 1 unspecified atom stereocenters. The lowest BCUT2D eigenvalue weighted by Gasteiger charge is -2.29. The van der Waals surface area contributed by atoms with E-state index < -0.39 is 0 Å². The second-order valence-corrected chi connectivity index (χ2v) is 4.94. The van der Waals surface area contributed by atoms with Crippen molar-refractivity contribution in [3.8, 4) is 0 Å². The fraction of sp³-hybridized carbons (Fsp3) is 0.700. The van der Waals surface area contributed by atoms with Crippen molar-refractivity contribution in [2.24, 2.45) is 11.8 Å². The van der Waals surface area contributed by atoms with Crippen LogP contribution in [0.4, 0.5) is 0 Å². The Bertz CT molecular complexity index is 293. The van der Waals surface area contributed by atoms with E-state index in [0.29, 0.717) is 6.04 Å². The normalized spacial score (nSPS) is 19.3. The Morgan fingerprint density at radius 2 is 2.50 bits per heavy atom. The molecule has 3 nitrogen and oxygen atoms in total. The smallest absolute Gasteiger partial charge is 0.0798 e. The highest BCUT2D eigenvalue weighted by Gasteiger charge is 2.24. The van der Waals surface area contributed by atoms with Gasteiger partial charge in [0.15, 0.2) is 0 Å². The Morgan fingerprint density at radius 3 is 2.93 bits per heavy atom. The van der Waals surface area contributed by atoms with Crippen LogP contribution < -0.4 is 11.3 Å². The van der Waals surface area contributed by atoms with Gasteiger partial charge in [-0.1, -0.05) is 19.3 Å². The SMILES string of the molecule is Cc1ncsc1C(CC1CCC1)NN. The van der Waals surface area contributed by atoms with Gasteiger partial charge in [0, 0.05) is 4.88 Å². The van der Waals surface area contributed by atoms with Crippen molar-refractivity contribution in [2.75, 3.05) is 0 Å². The number of aromatic nitrogens is 1. The summed E-state index contributed by atoms with van der Waals surface area (Å²) in [5.74, 6) is 6.46. The van der Waals surface area contributed by atoms with Gasteiger partial charge in [0.05, 0.1) is 17.2 Å². The highest BCUT2D eigenvalue weighted by atomic mass is 32.1. The number of thiazole rings is 1. The molecule has 1 saturated carbocycles. The third kappa shape index (κ3) is 1.97. The summed E-state index contributed by atoms with van der Waals surface area (Å²) in [4.78, 5) is 5.56. The lowest BCUT2D eigenvalue weighted by Crippen LogP contribution is -2.31. The maximum Gasteiger partial charge on any atom is 0.0798 e. The van der Waals surface area contributed by atoms with Crippen LogP contribution in [0.5, 0.6) is 0 Å². The van der Waals surface area contributed by atoms with Crippen LogP contribution in [-0.2, 0) is 0 Å². The minimum Gasteiger partial charge on any atom is -0.271 e.